The van der Waals surface area contributed by atoms with E-state index >= 15 is 0 Å². The molecule has 0 spiro atoms. The quantitative estimate of drug-likeness (QED) is 0.617. The van der Waals surface area contributed by atoms with E-state index in [-0.39, 0.29) is 13.2 Å². The van der Waals surface area contributed by atoms with Crippen LogP contribution in [0.3, 0.4) is 0 Å². The minimum atomic E-state index is 0.0102. The van der Waals surface area contributed by atoms with Gasteiger partial charge in [-0.25, -0.2) is 9.83 Å². The predicted molar refractivity (Wildman–Crippen MR) is 107 cm³/mol. The second-order valence-electron chi connectivity index (χ2n) is 6.97. The summed E-state index contributed by atoms with van der Waals surface area (Å²) in [6.07, 6.45) is 5.10. The summed E-state index contributed by atoms with van der Waals surface area (Å²) in [5.74, 6) is 2.33. The van der Waals surface area contributed by atoms with E-state index in [1.165, 1.54) is 12.8 Å². The minimum Gasteiger partial charge on any atom is -0.490 e. The Morgan fingerprint density at radius 2 is 1.86 bits per heavy atom. The highest BCUT2D eigenvalue weighted by Crippen LogP contribution is 2.26. The number of hydrogen-bond acceptors (Lipinski definition) is 4. The lowest BCUT2D eigenvalue weighted by molar-refractivity contribution is 0.209. The maximum Gasteiger partial charge on any atom is 0.189 e. The molecule has 0 atom stereocenters. The van der Waals surface area contributed by atoms with Gasteiger partial charge < -0.3 is 19.1 Å². The molecule has 1 heterocycles. The van der Waals surface area contributed by atoms with Gasteiger partial charge in [-0.05, 0) is 62.1 Å². The lowest BCUT2D eigenvalue weighted by Gasteiger charge is -2.13. The molecule has 1 N–H and O–H groups in total. The van der Waals surface area contributed by atoms with Gasteiger partial charge in [-0.1, -0.05) is 6.07 Å². The first-order valence-electron chi connectivity index (χ1n) is 9.64. The van der Waals surface area contributed by atoms with Crippen LogP contribution in [0.5, 0.6) is 11.5 Å². The Bertz CT molecular complexity index is 983. The smallest absolute Gasteiger partial charge is 0.189 e. The standard InChI is InChI=1S/C22H23N3O3/c1-23-16-6-11-21-20(14-16)24-22(25(21)12-13-26)15-27-17-7-9-19(10-8-17)28-18-4-2-3-5-18/h6-11,14,18,26H,2-5,12-13,15H2. The van der Waals surface area contributed by atoms with Crippen LogP contribution in [0.15, 0.2) is 42.5 Å². The summed E-state index contributed by atoms with van der Waals surface area (Å²) in [6.45, 7) is 7.88. The molecule has 1 fully saturated rings. The summed E-state index contributed by atoms with van der Waals surface area (Å²) in [4.78, 5) is 8.05. The zero-order chi connectivity index (χ0) is 19.3. The number of benzene rings is 2. The number of aliphatic hydroxyl groups is 1. The van der Waals surface area contributed by atoms with E-state index < -0.39 is 0 Å². The molecule has 6 heteroatoms. The molecular weight excluding hydrogens is 354 g/mol. The van der Waals surface area contributed by atoms with Crippen molar-refractivity contribution in [3.63, 3.8) is 0 Å². The van der Waals surface area contributed by atoms with Gasteiger partial charge in [0.25, 0.3) is 0 Å². The van der Waals surface area contributed by atoms with Gasteiger partial charge in [0.1, 0.15) is 23.9 Å². The zero-order valence-corrected chi connectivity index (χ0v) is 15.7. The summed E-state index contributed by atoms with van der Waals surface area (Å²) >= 11 is 0. The molecule has 1 saturated carbocycles. The monoisotopic (exact) mass is 377 g/mol. The second kappa shape index (κ2) is 8.32. The van der Waals surface area contributed by atoms with E-state index in [0.29, 0.717) is 18.3 Å². The van der Waals surface area contributed by atoms with Gasteiger partial charge in [0.05, 0.1) is 30.3 Å². The molecule has 1 aromatic heterocycles. The first kappa shape index (κ1) is 18.3. The van der Waals surface area contributed by atoms with Crippen molar-refractivity contribution in [2.24, 2.45) is 0 Å². The van der Waals surface area contributed by atoms with Gasteiger partial charge in [-0.3, -0.25) is 0 Å². The fourth-order valence-corrected chi connectivity index (χ4v) is 3.66. The molecular formula is C22H23N3O3. The number of fused-ring (bicyclic) bond motifs is 1. The third-order valence-corrected chi connectivity index (χ3v) is 5.06. The van der Waals surface area contributed by atoms with Crippen molar-refractivity contribution < 1.29 is 14.6 Å². The number of hydrogen-bond donors (Lipinski definition) is 1. The van der Waals surface area contributed by atoms with Gasteiger partial charge in [0, 0.05) is 6.54 Å². The normalized spacial score (nSPS) is 14.3. The average Bonchev–Trinajstić information content (AvgIpc) is 3.35. The Balaban J connectivity index is 1.47. The Morgan fingerprint density at radius 3 is 2.57 bits per heavy atom. The Morgan fingerprint density at radius 1 is 1.11 bits per heavy atom. The molecule has 0 saturated heterocycles. The summed E-state index contributed by atoms with van der Waals surface area (Å²) in [7, 11) is 0. The van der Waals surface area contributed by atoms with E-state index in [2.05, 4.69) is 9.83 Å². The topological polar surface area (TPSA) is 60.9 Å². The summed E-state index contributed by atoms with van der Waals surface area (Å²) in [5, 5.41) is 9.40. The predicted octanol–water partition coefficient (Wildman–Crippen LogP) is 4.48. The van der Waals surface area contributed by atoms with Crippen LogP contribution >= 0.6 is 0 Å². The molecule has 3 aromatic rings. The molecule has 28 heavy (non-hydrogen) atoms. The highest BCUT2D eigenvalue weighted by molar-refractivity contribution is 5.80. The first-order chi connectivity index (χ1) is 13.8. The first-order valence-corrected chi connectivity index (χ1v) is 9.64. The third kappa shape index (κ3) is 3.95. The van der Waals surface area contributed by atoms with Crippen LogP contribution in [-0.2, 0) is 13.2 Å². The lowest BCUT2D eigenvalue weighted by Crippen LogP contribution is -2.11. The third-order valence-electron chi connectivity index (χ3n) is 5.06. The van der Waals surface area contributed by atoms with Crippen molar-refractivity contribution >= 4 is 16.7 Å². The van der Waals surface area contributed by atoms with Crippen LogP contribution in [0.25, 0.3) is 15.9 Å². The number of rotatable bonds is 7. The van der Waals surface area contributed by atoms with E-state index in [1.54, 1.807) is 12.1 Å². The molecule has 4 rings (SSSR count). The highest BCUT2D eigenvalue weighted by Gasteiger charge is 2.16. The number of imidazole rings is 1. The SMILES string of the molecule is [C-]#[N+]c1ccc2c(c1)nc(COc1ccc(OC3CCCC3)cc1)n2CCO. The maximum absolute atomic E-state index is 9.40. The lowest BCUT2D eigenvalue weighted by atomic mass is 10.3. The summed E-state index contributed by atoms with van der Waals surface area (Å²) in [6, 6.07) is 13.1. The van der Waals surface area contributed by atoms with Crippen molar-refractivity contribution in [2.75, 3.05) is 6.61 Å². The van der Waals surface area contributed by atoms with E-state index in [4.69, 9.17) is 16.0 Å². The van der Waals surface area contributed by atoms with Gasteiger partial charge in [0.15, 0.2) is 5.69 Å². The Labute approximate surface area is 164 Å². The second-order valence-corrected chi connectivity index (χ2v) is 6.97. The Hall–Kier alpha value is -3.04. The van der Waals surface area contributed by atoms with E-state index in [1.807, 2.05) is 34.9 Å². The van der Waals surface area contributed by atoms with Crippen LogP contribution in [-0.4, -0.2) is 27.4 Å². The summed E-state index contributed by atoms with van der Waals surface area (Å²) in [5.41, 5.74) is 2.17. The molecule has 2 aromatic carbocycles. The molecule has 144 valence electrons. The van der Waals surface area contributed by atoms with Gasteiger partial charge in [-0.15, -0.1) is 0 Å². The fraction of sp³-hybridized carbons (Fsp3) is 0.364. The number of nitrogens with zero attached hydrogens (tertiary/aromatic N) is 3. The van der Waals surface area contributed by atoms with Gasteiger partial charge in [-0.2, -0.15) is 0 Å². The fourth-order valence-electron chi connectivity index (χ4n) is 3.66. The molecule has 0 aliphatic heterocycles. The van der Waals surface area contributed by atoms with Crippen molar-refractivity contribution in [1.29, 1.82) is 0 Å². The molecule has 0 bridgehead atoms. The van der Waals surface area contributed by atoms with E-state index in [0.717, 1.165) is 41.2 Å². The van der Waals surface area contributed by atoms with Crippen molar-refractivity contribution in [1.82, 2.24) is 9.55 Å². The number of ether oxygens (including phenoxy) is 2. The average molecular weight is 377 g/mol. The molecule has 0 unspecified atom stereocenters. The molecule has 1 aliphatic rings. The van der Waals surface area contributed by atoms with Crippen LogP contribution in [0.4, 0.5) is 5.69 Å². The molecule has 1 aliphatic carbocycles. The molecule has 0 radical (unpaired) electrons. The van der Waals surface area contributed by atoms with Crippen molar-refractivity contribution in [3.05, 3.63) is 59.7 Å². The Kier molecular flexibility index (Phi) is 5.45. The van der Waals surface area contributed by atoms with Crippen LogP contribution in [0, 0.1) is 6.57 Å². The maximum atomic E-state index is 9.40. The van der Waals surface area contributed by atoms with Gasteiger partial charge >= 0.3 is 0 Å². The molecule has 0 amide bonds. The van der Waals surface area contributed by atoms with Crippen LogP contribution in [0.2, 0.25) is 0 Å². The summed E-state index contributed by atoms with van der Waals surface area (Å²) < 4.78 is 13.8. The van der Waals surface area contributed by atoms with Crippen molar-refractivity contribution in [3.8, 4) is 11.5 Å². The number of aliphatic hydroxyl groups excluding tert-OH is 1. The number of aromatic nitrogens is 2. The van der Waals surface area contributed by atoms with Crippen molar-refractivity contribution in [2.45, 2.75) is 44.9 Å². The van der Waals surface area contributed by atoms with Gasteiger partial charge in [0.2, 0.25) is 0 Å². The molecule has 6 nitrogen and oxygen atoms in total. The largest absolute Gasteiger partial charge is 0.490 e. The van der Waals surface area contributed by atoms with Crippen LogP contribution in [0.1, 0.15) is 31.5 Å². The highest BCUT2D eigenvalue weighted by atomic mass is 16.5. The minimum absolute atomic E-state index is 0.0102. The zero-order valence-electron chi connectivity index (χ0n) is 15.7. The van der Waals surface area contributed by atoms with Crippen LogP contribution < -0.4 is 9.47 Å². The van der Waals surface area contributed by atoms with E-state index in [9.17, 15) is 5.11 Å².